The average molecular weight is 296 g/mol. The molecule has 5 nitrogen and oxygen atoms in total. The van der Waals surface area contributed by atoms with Crippen LogP contribution in [0.25, 0.3) is 6.08 Å². The van der Waals surface area contributed by atoms with Gasteiger partial charge in [0.15, 0.2) is 0 Å². The molecule has 0 aliphatic carbocycles. The van der Waals surface area contributed by atoms with Gasteiger partial charge in [0.2, 0.25) is 6.54 Å². The fraction of sp³-hybridized carbons (Fsp3) is 0.176. The summed E-state index contributed by atoms with van der Waals surface area (Å²) in [4.78, 5) is 12.8. The lowest BCUT2D eigenvalue weighted by atomic mass is 9.95. The molecule has 1 aliphatic heterocycles. The molecule has 2 aromatic carbocycles. The SMILES string of the molecule is COc1ccc(N2C=Cc3ccccc3C2C[N+](=O)[O-])cc1. The number of nitrogens with zero attached hydrogens (tertiary/aromatic N) is 2. The highest BCUT2D eigenvalue weighted by atomic mass is 16.6. The molecule has 0 N–H and O–H groups in total. The Morgan fingerprint density at radius 1 is 1.18 bits per heavy atom. The van der Waals surface area contributed by atoms with E-state index in [0.29, 0.717) is 0 Å². The lowest BCUT2D eigenvalue weighted by Gasteiger charge is -2.32. The highest BCUT2D eigenvalue weighted by Gasteiger charge is 2.28. The number of rotatable bonds is 4. The predicted octanol–water partition coefficient (Wildman–Crippen LogP) is 3.50. The van der Waals surface area contributed by atoms with Crippen molar-refractivity contribution in [2.75, 3.05) is 18.6 Å². The number of anilines is 1. The lowest BCUT2D eigenvalue weighted by Crippen LogP contribution is -2.31. The third kappa shape index (κ3) is 2.65. The third-order valence-electron chi connectivity index (χ3n) is 3.80. The molecule has 0 amide bonds. The molecule has 0 fully saturated rings. The Bertz CT molecular complexity index is 710. The Balaban J connectivity index is 2.00. The van der Waals surface area contributed by atoms with Gasteiger partial charge in [-0.15, -0.1) is 0 Å². The zero-order valence-electron chi connectivity index (χ0n) is 12.2. The van der Waals surface area contributed by atoms with Crippen LogP contribution in [0, 0.1) is 10.1 Å². The van der Waals surface area contributed by atoms with Gasteiger partial charge < -0.3 is 9.64 Å². The molecule has 0 saturated carbocycles. The first-order chi connectivity index (χ1) is 10.7. The summed E-state index contributed by atoms with van der Waals surface area (Å²) in [5, 5.41) is 11.1. The second-order valence-electron chi connectivity index (χ2n) is 5.08. The van der Waals surface area contributed by atoms with E-state index < -0.39 is 0 Å². The maximum Gasteiger partial charge on any atom is 0.228 e. The molecular formula is C17H16N2O3. The minimum absolute atomic E-state index is 0.145. The minimum atomic E-state index is -0.315. The van der Waals surface area contributed by atoms with Crippen LogP contribution in [0.2, 0.25) is 0 Å². The maximum atomic E-state index is 11.1. The molecule has 3 rings (SSSR count). The second kappa shape index (κ2) is 5.89. The first kappa shape index (κ1) is 14.1. The summed E-state index contributed by atoms with van der Waals surface area (Å²) in [6, 6.07) is 15.0. The Morgan fingerprint density at radius 2 is 1.91 bits per heavy atom. The van der Waals surface area contributed by atoms with Gasteiger partial charge in [0.25, 0.3) is 0 Å². The highest BCUT2D eigenvalue weighted by Crippen LogP contribution is 2.34. The second-order valence-corrected chi connectivity index (χ2v) is 5.08. The number of fused-ring (bicyclic) bond motifs is 1. The van der Waals surface area contributed by atoms with Crippen molar-refractivity contribution in [2.45, 2.75) is 6.04 Å². The smallest absolute Gasteiger partial charge is 0.228 e. The molecule has 1 unspecified atom stereocenters. The maximum absolute atomic E-state index is 11.1. The summed E-state index contributed by atoms with van der Waals surface area (Å²) in [5.41, 5.74) is 2.90. The van der Waals surface area contributed by atoms with E-state index in [-0.39, 0.29) is 17.5 Å². The van der Waals surface area contributed by atoms with Crippen molar-refractivity contribution in [3.63, 3.8) is 0 Å². The highest BCUT2D eigenvalue weighted by molar-refractivity contribution is 5.66. The Hall–Kier alpha value is -2.82. The standard InChI is InChI=1S/C17H16N2O3/c1-22-15-8-6-14(7-9-15)18-11-10-13-4-2-3-5-16(13)17(18)12-19(20)21/h2-11,17H,12H2,1H3. The molecule has 2 aromatic rings. The minimum Gasteiger partial charge on any atom is -0.497 e. The number of hydrogen-bond acceptors (Lipinski definition) is 4. The van der Waals surface area contributed by atoms with E-state index in [1.54, 1.807) is 7.11 Å². The summed E-state index contributed by atoms with van der Waals surface area (Å²) in [7, 11) is 1.61. The molecule has 0 aromatic heterocycles. The normalized spacial score (nSPS) is 16.2. The molecule has 1 heterocycles. The number of hydrogen-bond donors (Lipinski definition) is 0. The van der Waals surface area contributed by atoms with Crippen LogP contribution in [0.15, 0.2) is 54.7 Å². The fourth-order valence-corrected chi connectivity index (χ4v) is 2.73. The van der Waals surface area contributed by atoms with E-state index >= 15 is 0 Å². The van der Waals surface area contributed by atoms with Crippen molar-refractivity contribution < 1.29 is 9.66 Å². The predicted molar refractivity (Wildman–Crippen MR) is 85.6 cm³/mol. The molecule has 22 heavy (non-hydrogen) atoms. The summed E-state index contributed by atoms with van der Waals surface area (Å²) in [5.74, 6) is 0.760. The van der Waals surface area contributed by atoms with Gasteiger partial charge in [-0.1, -0.05) is 24.3 Å². The van der Waals surface area contributed by atoms with Gasteiger partial charge in [0.05, 0.1) is 7.11 Å². The zero-order chi connectivity index (χ0) is 15.5. The number of benzene rings is 2. The van der Waals surface area contributed by atoms with Crippen LogP contribution in [0.3, 0.4) is 0 Å². The van der Waals surface area contributed by atoms with Gasteiger partial charge in [-0.05, 0) is 41.5 Å². The molecule has 0 bridgehead atoms. The lowest BCUT2D eigenvalue weighted by molar-refractivity contribution is -0.483. The van der Waals surface area contributed by atoms with Crippen molar-refractivity contribution >= 4 is 11.8 Å². The molecule has 0 saturated heterocycles. The van der Waals surface area contributed by atoms with Crippen molar-refractivity contribution in [3.05, 3.63) is 76.0 Å². The topological polar surface area (TPSA) is 55.6 Å². The number of nitro groups is 1. The van der Waals surface area contributed by atoms with E-state index in [9.17, 15) is 10.1 Å². The van der Waals surface area contributed by atoms with Gasteiger partial charge in [0.1, 0.15) is 11.8 Å². The monoisotopic (exact) mass is 296 g/mol. The zero-order valence-corrected chi connectivity index (χ0v) is 12.2. The molecule has 112 valence electrons. The number of methoxy groups -OCH3 is 1. The van der Waals surface area contributed by atoms with E-state index in [1.807, 2.05) is 65.7 Å². The van der Waals surface area contributed by atoms with Crippen LogP contribution in [0.4, 0.5) is 5.69 Å². The van der Waals surface area contributed by atoms with Crippen molar-refractivity contribution in [1.29, 1.82) is 0 Å². The molecule has 0 spiro atoms. The van der Waals surface area contributed by atoms with Gasteiger partial charge >= 0.3 is 0 Å². The van der Waals surface area contributed by atoms with Crippen LogP contribution < -0.4 is 9.64 Å². The molecular weight excluding hydrogens is 280 g/mol. The van der Waals surface area contributed by atoms with Crippen molar-refractivity contribution in [2.24, 2.45) is 0 Å². The van der Waals surface area contributed by atoms with Crippen LogP contribution >= 0.6 is 0 Å². The molecule has 5 heteroatoms. The summed E-state index contributed by atoms with van der Waals surface area (Å²) < 4.78 is 5.16. The van der Waals surface area contributed by atoms with Gasteiger partial charge in [-0.3, -0.25) is 10.1 Å². The Labute approximate surface area is 128 Å². The van der Waals surface area contributed by atoms with E-state index in [2.05, 4.69) is 0 Å². The largest absolute Gasteiger partial charge is 0.497 e. The molecule has 1 aliphatic rings. The Morgan fingerprint density at radius 3 is 2.59 bits per heavy atom. The third-order valence-corrected chi connectivity index (χ3v) is 3.80. The van der Waals surface area contributed by atoms with E-state index in [4.69, 9.17) is 4.74 Å². The van der Waals surface area contributed by atoms with E-state index in [0.717, 1.165) is 22.6 Å². The van der Waals surface area contributed by atoms with Gasteiger partial charge in [-0.2, -0.15) is 0 Å². The summed E-state index contributed by atoms with van der Waals surface area (Å²) >= 11 is 0. The number of ether oxygens (including phenoxy) is 1. The molecule has 1 atom stereocenters. The van der Waals surface area contributed by atoms with Crippen molar-refractivity contribution in [1.82, 2.24) is 0 Å². The summed E-state index contributed by atoms with van der Waals surface area (Å²) in [6.45, 7) is -0.145. The first-order valence-electron chi connectivity index (χ1n) is 7.00. The quantitative estimate of drug-likeness (QED) is 0.640. The summed E-state index contributed by atoms with van der Waals surface area (Å²) in [6.07, 6.45) is 3.88. The average Bonchev–Trinajstić information content (AvgIpc) is 2.55. The first-order valence-corrected chi connectivity index (χ1v) is 7.00. The van der Waals surface area contributed by atoms with Crippen molar-refractivity contribution in [3.8, 4) is 5.75 Å². The van der Waals surface area contributed by atoms with Crippen LogP contribution in [-0.4, -0.2) is 18.6 Å². The Kier molecular flexibility index (Phi) is 3.78. The van der Waals surface area contributed by atoms with Gasteiger partial charge in [0, 0.05) is 16.8 Å². The van der Waals surface area contributed by atoms with Crippen LogP contribution in [0.1, 0.15) is 17.2 Å². The molecule has 0 radical (unpaired) electrons. The van der Waals surface area contributed by atoms with Crippen LogP contribution in [0.5, 0.6) is 5.75 Å². The van der Waals surface area contributed by atoms with Crippen LogP contribution in [-0.2, 0) is 0 Å². The fourth-order valence-electron chi connectivity index (χ4n) is 2.73. The van der Waals surface area contributed by atoms with Gasteiger partial charge in [-0.25, -0.2) is 0 Å². The van der Waals surface area contributed by atoms with E-state index in [1.165, 1.54) is 0 Å².